The fraction of sp³-hybridized carbons (Fsp3) is 0.542. The molecule has 0 saturated carbocycles. The molecule has 0 amide bonds. The second-order valence-electron chi connectivity index (χ2n) is 9.41. The minimum atomic E-state index is -1.93. The number of carbonyl (C=O) groups excluding carboxylic acids is 1. The van der Waals surface area contributed by atoms with Crippen LogP contribution in [0, 0.1) is 0 Å². The van der Waals surface area contributed by atoms with Gasteiger partial charge >= 0.3 is 0 Å². The molecule has 3 aliphatic rings. The van der Waals surface area contributed by atoms with Gasteiger partial charge in [-0.15, -0.1) is 0 Å². The topological polar surface area (TPSA) is 114 Å². The quantitative estimate of drug-likeness (QED) is 0.741. The molecule has 3 fully saturated rings. The van der Waals surface area contributed by atoms with E-state index in [1.807, 2.05) is 0 Å². The minimum absolute atomic E-state index is 0.219. The van der Waals surface area contributed by atoms with Gasteiger partial charge in [0.05, 0.1) is 6.61 Å². The summed E-state index contributed by atoms with van der Waals surface area (Å²) in [4.78, 5) is 11.5. The van der Waals surface area contributed by atoms with Gasteiger partial charge < -0.3 is 39.3 Å². The van der Waals surface area contributed by atoms with Gasteiger partial charge in [0.1, 0.15) is 30.3 Å². The number of quaternary nitrogens is 1. The van der Waals surface area contributed by atoms with Crippen molar-refractivity contribution in [1.82, 2.24) is 0 Å². The Labute approximate surface area is 187 Å². The van der Waals surface area contributed by atoms with Crippen LogP contribution in [0.4, 0.5) is 0 Å². The summed E-state index contributed by atoms with van der Waals surface area (Å²) in [6.07, 6.45) is -1.99. The zero-order valence-electron chi connectivity index (χ0n) is 19.1. The summed E-state index contributed by atoms with van der Waals surface area (Å²) in [6, 6.07) is 15.2. The van der Waals surface area contributed by atoms with Gasteiger partial charge in [-0.1, -0.05) is 42.5 Å². The Hall–Kier alpha value is -2.07. The van der Waals surface area contributed by atoms with Gasteiger partial charge in [-0.05, 0) is 45.4 Å². The summed E-state index contributed by atoms with van der Waals surface area (Å²) in [6.45, 7) is 9.10. The highest BCUT2D eigenvalue weighted by Crippen LogP contribution is 2.48. The first-order valence-electron chi connectivity index (χ1n) is 10.8. The molecule has 3 N–H and O–H groups in total. The number of fused-ring (bicyclic) bond motifs is 4. The zero-order chi connectivity index (χ0) is 23.3. The zero-order valence-corrected chi connectivity index (χ0v) is 19.1. The fourth-order valence-corrected chi connectivity index (χ4v) is 4.49. The molecule has 174 valence electrons. The third kappa shape index (κ3) is 4.14. The van der Waals surface area contributed by atoms with Crippen LogP contribution in [0.25, 0.3) is 10.8 Å². The maximum absolute atomic E-state index is 11.5. The third-order valence-electron chi connectivity index (χ3n) is 5.83. The van der Waals surface area contributed by atoms with E-state index < -0.39 is 41.6 Å². The smallest absolute Gasteiger partial charge is 0.242 e. The van der Waals surface area contributed by atoms with Crippen molar-refractivity contribution in [2.45, 2.75) is 76.3 Å². The average Bonchev–Trinajstić information content (AvgIpc) is 3.15. The molecule has 0 aliphatic carbocycles. The van der Waals surface area contributed by atoms with Gasteiger partial charge in [-0.3, -0.25) is 0 Å². The Morgan fingerprint density at radius 2 is 1.72 bits per heavy atom. The van der Waals surface area contributed by atoms with Crippen LogP contribution in [0.15, 0.2) is 42.5 Å². The molecular formula is C24H31NO7. The molecule has 2 aromatic rings. The van der Waals surface area contributed by atoms with Crippen molar-refractivity contribution >= 4 is 16.7 Å². The Morgan fingerprint density at radius 3 is 2.41 bits per heavy atom. The molecule has 3 aliphatic heterocycles. The maximum Gasteiger partial charge on any atom is 0.242 e. The van der Waals surface area contributed by atoms with E-state index in [0.717, 1.165) is 0 Å². The van der Waals surface area contributed by atoms with Gasteiger partial charge in [-0.2, -0.15) is 0 Å². The van der Waals surface area contributed by atoms with E-state index in [-0.39, 0.29) is 6.61 Å². The first kappa shape index (κ1) is 23.1. The van der Waals surface area contributed by atoms with Crippen LogP contribution in [-0.4, -0.2) is 48.2 Å². The van der Waals surface area contributed by atoms with Crippen molar-refractivity contribution in [1.29, 1.82) is 0 Å². The van der Waals surface area contributed by atoms with Crippen molar-refractivity contribution in [3.8, 4) is 0 Å². The van der Waals surface area contributed by atoms with Gasteiger partial charge in [0.15, 0.2) is 11.6 Å². The summed E-state index contributed by atoms with van der Waals surface area (Å²) < 4.78 is 27.8. The largest absolute Gasteiger partial charge is 0.544 e. The molecule has 2 aromatic carbocycles. The number of hydrogen-bond acceptors (Lipinski definition) is 7. The van der Waals surface area contributed by atoms with E-state index in [1.54, 1.807) is 27.7 Å². The molecule has 3 heterocycles. The van der Waals surface area contributed by atoms with Crippen molar-refractivity contribution in [2.24, 2.45) is 0 Å². The number of ether oxygens (including phenoxy) is 5. The second kappa shape index (κ2) is 8.06. The molecule has 0 radical (unpaired) electrons. The number of carbonyl (C=O) groups is 1. The van der Waals surface area contributed by atoms with Gasteiger partial charge in [0.2, 0.25) is 5.79 Å². The van der Waals surface area contributed by atoms with Crippen molar-refractivity contribution < 1.29 is 39.3 Å². The lowest BCUT2D eigenvalue weighted by Gasteiger charge is -2.38. The monoisotopic (exact) mass is 445 g/mol. The first-order chi connectivity index (χ1) is 14.9. The molecule has 5 atom stereocenters. The molecular weight excluding hydrogens is 414 g/mol. The van der Waals surface area contributed by atoms with E-state index in [9.17, 15) is 9.90 Å². The van der Waals surface area contributed by atoms with Crippen LogP contribution in [0.3, 0.4) is 0 Å². The Bertz CT molecular complexity index is 1000. The Kier molecular flexibility index (Phi) is 5.82. The number of aliphatic carboxylic acids is 1. The third-order valence-corrected chi connectivity index (χ3v) is 5.83. The van der Waals surface area contributed by atoms with Crippen LogP contribution >= 0.6 is 0 Å². The van der Waals surface area contributed by atoms with Gasteiger partial charge in [0.25, 0.3) is 0 Å². The minimum Gasteiger partial charge on any atom is -0.544 e. The summed E-state index contributed by atoms with van der Waals surface area (Å²) in [7, 11) is 0. The van der Waals surface area contributed by atoms with Crippen LogP contribution < -0.4 is 10.8 Å². The Morgan fingerprint density at radius 1 is 1.03 bits per heavy atom. The summed E-state index contributed by atoms with van der Waals surface area (Å²) in [5.74, 6) is -5.27. The fourth-order valence-electron chi connectivity index (χ4n) is 4.49. The standard InChI is InChI=1S/C12H13N.C12H18O7/c1-9(13)11-8-4-6-10-5-2-3-7-12(10)11;1-10(2)15-5-6-7(17-10)8-12(16-6,9(13)14)19-11(3,4)18-8/h2-9H,13H2,1H3;6-8H,5H2,1-4H3,(H,13,14)/t9-;6-,7+,8-,12+/m00/s1. The van der Waals surface area contributed by atoms with Crippen LogP contribution in [0.1, 0.15) is 46.2 Å². The SMILES string of the molecule is CC1(C)OC[C@@H]2O[C@@]3(C(=O)[O-])OC(C)(C)O[C@H]3[C@@H]2O1.C[C@H]([NH3+])c1cccc2ccccc12. The molecule has 8 nitrogen and oxygen atoms in total. The number of benzene rings is 2. The van der Waals surface area contributed by atoms with Crippen molar-refractivity contribution in [3.05, 3.63) is 48.0 Å². The lowest BCUT2D eigenvalue weighted by atomic mass is 10.0. The molecule has 5 rings (SSSR count). The molecule has 0 bridgehead atoms. The predicted octanol–water partition coefficient (Wildman–Crippen LogP) is 1.28. The maximum atomic E-state index is 11.5. The molecule has 3 saturated heterocycles. The van der Waals surface area contributed by atoms with Crippen molar-refractivity contribution in [3.63, 3.8) is 0 Å². The molecule has 0 aromatic heterocycles. The van der Waals surface area contributed by atoms with E-state index in [1.165, 1.54) is 16.3 Å². The van der Waals surface area contributed by atoms with Crippen molar-refractivity contribution in [2.75, 3.05) is 6.61 Å². The summed E-state index contributed by atoms with van der Waals surface area (Å²) in [5.41, 5.74) is 5.39. The highest BCUT2D eigenvalue weighted by atomic mass is 16.9. The lowest BCUT2D eigenvalue weighted by Crippen LogP contribution is -2.56. The lowest BCUT2D eigenvalue weighted by molar-refractivity contribution is -0.420. The molecule has 32 heavy (non-hydrogen) atoms. The first-order valence-corrected chi connectivity index (χ1v) is 10.8. The summed E-state index contributed by atoms with van der Waals surface area (Å²) >= 11 is 0. The van der Waals surface area contributed by atoms with Crippen LogP contribution in [0.2, 0.25) is 0 Å². The highest BCUT2D eigenvalue weighted by Gasteiger charge is 2.68. The number of carboxylic acids is 1. The van der Waals surface area contributed by atoms with E-state index >= 15 is 0 Å². The normalized spacial score (nSPS) is 33.0. The van der Waals surface area contributed by atoms with Gasteiger partial charge in [-0.25, -0.2) is 0 Å². The highest BCUT2D eigenvalue weighted by molar-refractivity contribution is 5.85. The summed E-state index contributed by atoms with van der Waals surface area (Å²) in [5, 5.41) is 14.1. The number of carboxylic acid groups (broad SMARTS) is 1. The van der Waals surface area contributed by atoms with E-state index in [0.29, 0.717) is 6.04 Å². The number of hydrogen-bond donors (Lipinski definition) is 1. The number of rotatable bonds is 2. The van der Waals surface area contributed by atoms with Gasteiger partial charge in [0, 0.05) is 5.56 Å². The molecule has 0 spiro atoms. The van der Waals surface area contributed by atoms with E-state index in [4.69, 9.17) is 23.7 Å². The average molecular weight is 446 g/mol. The predicted molar refractivity (Wildman–Crippen MR) is 113 cm³/mol. The van der Waals surface area contributed by atoms with Crippen LogP contribution in [-0.2, 0) is 28.5 Å². The second-order valence-corrected chi connectivity index (χ2v) is 9.41. The molecule has 0 unspecified atom stereocenters. The van der Waals surface area contributed by atoms with Crippen LogP contribution in [0.5, 0.6) is 0 Å². The van der Waals surface area contributed by atoms with E-state index in [2.05, 4.69) is 55.1 Å². The molecule has 8 heteroatoms. The Balaban J connectivity index is 0.000000165.